The van der Waals surface area contributed by atoms with Gasteiger partial charge in [0.1, 0.15) is 11.8 Å². The highest BCUT2D eigenvalue weighted by Gasteiger charge is 2.33. The number of anilines is 1. The summed E-state index contributed by atoms with van der Waals surface area (Å²) >= 11 is 1.28. The molecule has 0 saturated heterocycles. The third-order valence-corrected chi connectivity index (χ3v) is 7.16. The average molecular weight is 518 g/mol. The Kier molecular flexibility index (Phi) is 8.18. The van der Waals surface area contributed by atoms with Gasteiger partial charge in [-0.15, -0.1) is 0 Å². The van der Waals surface area contributed by atoms with Crippen molar-refractivity contribution in [3.8, 4) is 5.75 Å². The maximum atomic E-state index is 13.1. The van der Waals surface area contributed by atoms with Gasteiger partial charge in [-0.1, -0.05) is 48.2 Å². The zero-order valence-corrected chi connectivity index (χ0v) is 22.5. The Morgan fingerprint density at radius 3 is 2.57 bits per heavy atom. The van der Waals surface area contributed by atoms with Crippen LogP contribution in [0.4, 0.5) is 5.69 Å². The molecular weight excluding hydrogens is 486 g/mol. The molecule has 3 aromatic carbocycles. The summed E-state index contributed by atoms with van der Waals surface area (Å²) < 4.78 is 11.1. The molecule has 0 unspecified atom stereocenters. The molecule has 1 atom stereocenters. The molecule has 0 fully saturated rings. The summed E-state index contributed by atoms with van der Waals surface area (Å²) in [7, 11) is 1.60. The summed E-state index contributed by atoms with van der Waals surface area (Å²) in [6.07, 6.45) is 0. The van der Waals surface area contributed by atoms with Crippen molar-refractivity contribution < 1.29 is 19.1 Å². The van der Waals surface area contributed by atoms with E-state index in [0.29, 0.717) is 22.2 Å². The molecule has 4 rings (SSSR count). The molecule has 1 aliphatic rings. The van der Waals surface area contributed by atoms with Gasteiger partial charge >= 0.3 is 5.97 Å². The molecular formula is C29H31N3O4S. The molecule has 0 saturated carbocycles. The van der Waals surface area contributed by atoms with Crippen molar-refractivity contribution >= 4 is 45.3 Å². The van der Waals surface area contributed by atoms with E-state index in [0.717, 1.165) is 27.6 Å². The van der Waals surface area contributed by atoms with Crippen LogP contribution in [0, 0.1) is 13.8 Å². The molecule has 7 nitrogen and oxygen atoms in total. The predicted octanol–water partition coefficient (Wildman–Crippen LogP) is 5.67. The number of methoxy groups -OCH3 is 1. The number of esters is 1. The molecule has 192 valence electrons. The van der Waals surface area contributed by atoms with E-state index in [1.54, 1.807) is 14.0 Å². The summed E-state index contributed by atoms with van der Waals surface area (Å²) in [5.41, 5.74) is 4.87. The van der Waals surface area contributed by atoms with Gasteiger partial charge in [-0.25, -0.2) is 9.79 Å². The fourth-order valence-electron chi connectivity index (χ4n) is 4.29. The summed E-state index contributed by atoms with van der Waals surface area (Å²) in [6.45, 7) is 7.89. The third-order valence-electron chi connectivity index (χ3n) is 6.27. The number of ether oxygens (including phenoxy) is 2. The number of amides is 1. The van der Waals surface area contributed by atoms with Gasteiger partial charge in [-0.3, -0.25) is 4.79 Å². The highest BCUT2D eigenvalue weighted by Crippen LogP contribution is 2.41. The van der Waals surface area contributed by atoms with E-state index in [-0.39, 0.29) is 18.3 Å². The molecule has 0 aromatic heterocycles. The van der Waals surface area contributed by atoms with Crippen molar-refractivity contribution in [2.24, 2.45) is 4.99 Å². The van der Waals surface area contributed by atoms with Gasteiger partial charge in [-0.05, 0) is 67.8 Å². The van der Waals surface area contributed by atoms with Gasteiger partial charge < -0.3 is 20.1 Å². The molecule has 8 heteroatoms. The Morgan fingerprint density at radius 1 is 1.05 bits per heavy atom. The number of nitrogens with zero attached hydrogens (tertiary/aromatic N) is 1. The van der Waals surface area contributed by atoms with Crippen molar-refractivity contribution in [2.75, 3.05) is 24.8 Å². The molecule has 0 bridgehead atoms. The van der Waals surface area contributed by atoms with Crippen LogP contribution in [0.2, 0.25) is 0 Å². The number of aliphatic imine (C=N–C) groups is 1. The number of benzene rings is 3. The van der Waals surface area contributed by atoms with Crippen LogP contribution in [0.5, 0.6) is 5.75 Å². The van der Waals surface area contributed by atoms with Crippen LogP contribution in [0.15, 0.2) is 70.9 Å². The van der Waals surface area contributed by atoms with Crippen molar-refractivity contribution in [1.29, 1.82) is 0 Å². The Bertz CT molecular complexity index is 1410. The SMILES string of the molecule is CCOC(=O)C1=C(C)NC(SCC(=O)Nc2ccc(C)c(C)c2)=N[C@@H]1c1c(OC)ccc2ccccc12. The van der Waals surface area contributed by atoms with E-state index in [1.165, 1.54) is 17.3 Å². The molecule has 2 N–H and O–H groups in total. The number of hydrogen-bond acceptors (Lipinski definition) is 7. The molecule has 1 amide bonds. The minimum atomic E-state index is -0.661. The van der Waals surface area contributed by atoms with Crippen molar-refractivity contribution in [1.82, 2.24) is 5.32 Å². The average Bonchev–Trinajstić information content (AvgIpc) is 2.88. The maximum absolute atomic E-state index is 13.1. The molecule has 3 aromatic rings. The van der Waals surface area contributed by atoms with Gasteiger partial charge in [0.15, 0.2) is 5.17 Å². The van der Waals surface area contributed by atoms with Gasteiger partial charge in [0.25, 0.3) is 0 Å². The first-order chi connectivity index (χ1) is 17.8. The third kappa shape index (κ3) is 5.80. The van der Waals surface area contributed by atoms with Crippen LogP contribution in [0.25, 0.3) is 10.8 Å². The van der Waals surface area contributed by atoms with Crippen molar-refractivity contribution in [3.05, 3.63) is 82.6 Å². The molecule has 0 radical (unpaired) electrons. The van der Waals surface area contributed by atoms with Gasteiger partial charge in [0, 0.05) is 16.9 Å². The second kappa shape index (κ2) is 11.5. The Balaban J connectivity index is 1.66. The lowest BCUT2D eigenvalue weighted by atomic mass is 9.91. The molecule has 1 aliphatic heterocycles. The Labute approximate surface area is 221 Å². The monoisotopic (exact) mass is 517 g/mol. The summed E-state index contributed by atoms with van der Waals surface area (Å²) in [5, 5.41) is 8.62. The zero-order valence-electron chi connectivity index (χ0n) is 21.7. The van der Waals surface area contributed by atoms with E-state index >= 15 is 0 Å². The Hall–Kier alpha value is -3.78. The Morgan fingerprint density at radius 2 is 1.84 bits per heavy atom. The highest BCUT2D eigenvalue weighted by atomic mass is 32.2. The number of amidine groups is 1. The fourth-order valence-corrected chi connectivity index (χ4v) is 5.03. The lowest BCUT2D eigenvalue weighted by Crippen LogP contribution is -2.31. The quantitative estimate of drug-likeness (QED) is 0.392. The van der Waals surface area contributed by atoms with Crippen LogP contribution in [-0.4, -0.2) is 36.5 Å². The fraction of sp³-hybridized carbons (Fsp3) is 0.276. The second-order valence-corrected chi connectivity index (χ2v) is 9.72. The number of allylic oxidation sites excluding steroid dienone is 1. The largest absolute Gasteiger partial charge is 0.496 e. The number of hydrogen-bond donors (Lipinski definition) is 2. The summed E-state index contributed by atoms with van der Waals surface area (Å²) in [5.74, 6) is 0.198. The number of carbonyl (C=O) groups is 2. The number of thioether (sulfide) groups is 1. The van der Waals surface area contributed by atoms with Gasteiger partial charge in [0.2, 0.25) is 5.91 Å². The number of carbonyl (C=O) groups excluding carboxylic acids is 2. The van der Waals surface area contributed by atoms with E-state index in [1.807, 2.05) is 75.4 Å². The van der Waals surface area contributed by atoms with Crippen LogP contribution >= 0.6 is 11.8 Å². The first-order valence-electron chi connectivity index (χ1n) is 12.1. The van der Waals surface area contributed by atoms with E-state index in [2.05, 4.69) is 10.6 Å². The number of aryl methyl sites for hydroxylation is 2. The van der Waals surface area contributed by atoms with Gasteiger partial charge in [0.05, 0.1) is 25.0 Å². The molecule has 0 aliphatic carbocycles. The second-order valence-electron chi connectivity index (χ2n) is 8.76. The minimum absolute atomic E-state index is 0.144. The van der Waals surface area contributed by atoms with E-state index in [9.17, 15) is 9.59 Å². The normalized spacial score (nSPS) is 15.2. The number of fused-ring (bicyclic) bond motifs is 1. The topological polar surface area (TPSA) is 89.0 Å². The first-order valence-corrected chi connectivity index (χ1v) is 13.1. The first kappa shape index (κ1) is 26.3. The van der Waals surface area contributed by atoms with Gasteiger partial charge in [-0.2, -0.15) is 0 Å². The lowest BCUT2D eigenvalue weighted by molar-refractivity contribution is -0.139. The molecule has 37 heavy (non-hydrogen) atoms. The van der Waals surface area contributed by atoms with Crippen LogP contribution in [0.3, 0.4) is 0 Å². The van der Waals surface area contributed by atoms with Crippen LogP contribution in [0.1, 0.15) is 36.6 Å². The van der Waals surface area contributed by atoms with Crippen molar-refractivity contribution in [3.63, 3.8) is 0 Å². The zero-order chi connectivity index (χ0) is 26.5. The molecule has 0 spiro atoms. The summed E-state index contributed by atoms with van der Waals surface area (Å²) in [6, 6.07) is 17.0. The van der Waals surface area contributed by atoms with Crippen LogP contribution < -0.4 is 15.4 Å². The molecule has 1 heterocycles. The predicted molar refractivity (Wildman–Crippen MR) is 150 cm³/mol. The van der Waals surface area contributed by atoms with Crippen molar-refractivity contribution in [2.45, 2.75) is 33.7 Å². The van der Waals surface area contributed by atoms with E-state index < -0.39 is 12.0 Å². The summed E-state index contributed by atoms with van der Waals surface area (Å²) in [4.78, 5) is 30.7. The van der Waals surface area contributed by atoms with E-state index in [4.69, 9.17) is 14.5 Å². The highest BCUT2D eigenvalue weighted by molar-refractivity contribution is 8.14. The minimum Gasteiger partial charge on any atom is -0.496 e. The van der Waals surface area contributed by atoms with Crippen LogP contribution in [-0.2, 0) is 14.3 Å². The maximum Gasteiger partial charge on any atom is 0.338 e. The lowest BCUT2D eigenvalue weighted by Gasteiger charge is -2.27. The number of rotatable bonds is 7. The number of nitrogens with one attached hydrogen (secondary N) is 2. The standard InChI is InChI=1S/C29H31N3O4S/c1-6-36-28(34)25-19(4)30-29(37-16-24(33)31-21-13-11-17(2)18(3)15-21)32-27(25)26-22-10-8-7-9-20(22)12-14-23(26)35-5/h7-15,27H,6,16H2,1-5H3,(H,30,32)(H,31,33)/t27-/m0/s1. The smallest absolute Gasteiger partial charge is 0.338 e.